The quantitative estimate of drug-likeness (QED) is 0.173. The van der Waals surface area contributed by atoms with Crippen LogP contribution < -0.4 is 20.4 Å². The predicted molar refractivity (Wildman–Crippen MR) is 218 cm³/mol. The van der Waals surface area contributed by atoms with E-state index in [1.807, 2.05) is 9.80 Å². The summed E-state index contributed by atoms with van der Waals surface area (Å²) in [4.78, 5) is 42.8. The summed E-state index contributed by atoms with van der Waals surface area (Å²) in [6.45, 7) is 7.65. The van der Waals surface area contributed by atoms with E-state index in [-0.39, 0.29) is 41.3 Å². The van der Waals surface area contributed by atoms with Crippen LogP contribution in [0.3, 0.4) is 0 Å². The molecule has 0 amide bonds. The van der Waals surface area contributed by atoms with Gasteiger partial charge in [-0.15, -0.1) is 0 Å². The first-order valence-electron chi connectivity index (χ1n) is 20.9. The number of carbonyl (C=O) groups excluding carboxylic acids is 1. The Morgan fingerprint density at radius 2 is 1.03 bits per heavy atom. The van der Waals surface area contributed by atoms with Crippen molar-refractivity contribution in [3.8, 4) is 0 Å². The summed E-state index contributed by atoms with van der Waals surface area (Å²) in [5.74, 6) is 1.46. The second-order valence-corrected chi connectivity index (χ2v) is 16.7. The minimum absolute atomic E-state index is 0.0192. The topological polar surface area (TPSA) is 165 Å². The summed E-state index contributed by atoms with van der Waals surface area (Å²) in [6, 6.07) is 20.7. The SMILES string of the molecule is O=C(c1cc(NC2COC2)nc(N2CC[C@H](N3CCc4ccccc4C3)[C@H](O)C2)n1)c1cc(NC2COC2)nc(N2CC[C@H](N3CCc4ccccc4C3)[C@H](O)C2)n1. The lowest BCUT2D eigenvalue weighted by Crippen LogP contribution is -2.55. The number of ketones is 1. The molecule has 4 atom stereocenters. The smallest absolute Gasteiger partial charge is 0.230 e. The van der Waals surface area contributed by atoms with Gasteiger partial charge in [0.05, 0.1) is 50.7 Å². The van der Waals surface area contributed by atoms with Crippen LogP contribution in [0.15, 0.2) is 60.7 Å². The average molecular weight is 789 g/mol. The van der Waals surface area contributed by atoms with Crippen molar-refractivity contribution in [2.24, 2.45) is 0 Å². The molecule has 15 nitrogen and oxygen atoms in total. The van der Waals surface area contributed by atoms with E-state index in [1.54, 1.807) is 12.1 Å². The van der Waals surface area contributed by atoms with E-state index in [1.165, 1.54) is 22.3 Å². The zero-order valence-corrected chi connectivity index (χ0v) is 32.7. The van der Waals surface area contributed by atoms with Crippen LogP contribution in [0.25, 0.3) is 0 Å². The molecule has 0 saturated carbocycles. The van der Waals surface area contributed by atoms with E-state index in [0.717, 1.165) is 51.9 Å². The lowest BCUT2D eigenvalue weighted by molar-refractivity contribution is 0.0209. The average Bonchev–Trinajstić information content (AvgIpc) is 3.22. The van der Waals surface area contributed by atoms with Gasteiger partial charge in [0, 0.05) is 76.6 Å². The fourth-order valence-corrected chi connectivity index (χ4v) is 9.37. The highest BCUT2D eigenvalue weighted by Gasteiger charge is 2.37. The van der Waals surface area contributed by atoms with Gasteiger partial charge in [0.1, 0.15) is 23.0 Å². The molecule has 2 aromatic carbocycles. The van der Waals surface area contributed by atoms with Crippen molar-refractivity contribution in [3.63, 3.8) is 0 Å². The molecule has 0 aliphatic carbocycles. The van der Waals surface area contributed by atoms with Crippen LogP contribution in [0.2, 0.25) is 0 Å². The molecule has 4 aromatic rings. The van der Waals surface area contributed by atoms with Crippen LogP contribution in [0, 0.1) is 0 Å². The van der Waals surface area contributed by atoms with Gasteiger partial charge < -0.3 is 40.1 Å². The molecule has 2 aromatic heterocycles. The van der Waals surface area contributed by atoms with E-state index in [9.17, 15) is 15.0 Å². The first kappa shape index (κ1) is 37.5. The van der Waals surface area contributed by atoms with Crippen LogP contribution in [0.1, 0.15) is 51.3 Å². The van der Waals surface area contributed by atoms with Gasteiger partial charge in [0.15, 0.2) is 0 Å². The summed E-state index contributed by atoms with van der Waals surface area (Å²) >= 11 is 0. The Bertz CT molecular complexity index is 1990. The third kappa shape index (κ3) is 7.74. The second kappa shape index (κ2) is 16.1. The van der Waals surface area contributed by atoms with E-state index in [0.29, 0.717) is 76.1 Å². The maximum atomic E-state index is 14.6. The normalized spacial score (nSPS) is 25.6. The molecular formula is C43H52N10O5. The van der Waals surface area contributed by atoms with Gasteiger partial charge in [0.25, 0.3) is 0 Å². The Morgan fingerprint density at radius 3 is 1.43 bits per heavy atom. The number of carbonyl (C=O) groups is 1. The van der Waals surface area contributed by atoms with E-state index in [4.69, 9.17) is 29.4 Å². The molecule has 58 heavy (non-hydrogen) atoms. The molecule has 15 heteroatoms. The molecule has 0 spiro atoms. The van der Waals surface area contributed by atoms with Crippen molar-refractivity contribution in [1.82, 2.24) is 29.7 Å². The lowest BCUT2D eigenvalue weighted by atomic mass is 9.94. The van der Waals surface area contributed by atoms with Crippen molar-refractivity contribution in [3.05, 3.63) is 94.3 Å². The van der Waals surface area contributed by atoms with E-state index in [2.05, 4.69) is 69.0 Å². The Morgan fingerprint density at radius 1 is 0.603 bits per heavy atom. The maximum Gasteiger partial charge on any atom is 0.230 e. The number of β-amino-alcohol motifs (C(OH)–C–C–N with tert-alkyl or cyclic N) is 2. The van der Waals surface area contributed by atoms with Crippen molar-refractivity contribution >= 4 is 29.3 Å². The highest BCUT2D eigenvalue weighted by molar-refractivity contribution is 6.07. The molecule has 4 fully saturated rings. The van der Waals surface area contributed by atoms with Gasteiger partial charge in [-0.05, 0) is 47.9 Å². The third-order valence-corrected chi connectivity index (χ3v) is 12.8. The van der Waals surface area contributed by atoms with Gasteiger partial charge in [0.2, 0.25) is 17.7 Å². The summed E-state index contributed by atoms with van der Waals surface area (Å²) in [5.41, 5.74) is 5.81. The number of aliphatic hydroxyl groups is 2. The van der Waals surface area contributed by atoms with Gasteiger partial charge in [-0.25, -0.2) is 9.97 Å². The first-order valence-corrected chi connectivity index (χ1v) is 20.9. The number of benzene rings is 2. The zero-order chi connectivity index (χ0) is 39.2. The second-order valence-electron chi connectivity index (χ2n) is 16.7. The highest BCUT2D eigenvalue weighted by Crippen LogP contribution is 2.30. The molecule has 4 saturated heterocycles. The number of fused-ring (bicyclic) bond motifs is 2. The molecule has 304 valence electrons. The third-order valence-electron chi connectivity index (χ3n) is 12.8. The molecule has 10 rings (SSSR count). The van der Waals surface area contributed by atoms with Crippen LogP contribution in [0.5, 0.6) is 0 Å². The van der Waals surface area contributed by atoms with Crippen molar-refractivity contribution in [2.75, 3.05) is 86.1 Å². The number of nitrogens with zero attached hydrogens (tertiary/aromatic N) is 8. The largest absolute Gasteiger partial charge is 0.390 e. The Balaban J connectivity index is 0.888. The number of nitrogens with one attached hydrogen (secondary N) is 2. The van der Waals surface area contributed by atoms with Gasteiger partial charge in [-0.2, -0.15) is 9.97 Å². The molecule has 0 radical (unpaired) electrons. The number of hydrogen-bond acceptors (Lipinski definition) is 15. The molecule has 6 aliphatic rings. The molecule has 0 unspecified atom stereocenters. The summed E-state index contributed by atoms with van der Waals surface area (Å²) in [5, 5.41) is 29.9. The van der Waals surface area contributed by atoms with Crippen LogP contribution in [0.4, 0.5) is 23.5 Å². The molecule has 6 aliphatic heterocycles. The fourth-order valence-electron chi connectivity index (χ4n) is 9.37. The summed E-state index contributed by atoms with van der Waals surface area (Å²) < 4.78 is 10.8. The minimum atomic E-state index is -0.614. The van der Waals surface area contributed by atoms with Crippen LogP contribution in [-0.4, -0.2) is 148 Å². The number of rotatable bonds is 10. The summed E-state index contributed by atoms with van der Waals surface area (Å²) in [6.07, 6.45) is 2.20. The molecular weight excluding hydrogens is 737 g/mol. The van der Waals surface area contributed by atoms with Crippen LogP contribution >= 0.6 is 0 Å². The first-order chi connectivity index (χ1) is 28.4. The molecule has 8 heterocycles. The van der Waals surface area contributed by atoms with E-state index >= 15 is 0 Å². The van der Waals surface area contributed by atoms with Crippen molar-refractivity contribution in [1.29, 1.82) is 0 Å². The van der Waals surface area contributed by atoms with Gasteiger partial charge in [-0.1, -0.05) is 48.5 Å². The Hall–Kier alpha value is -4.77. The zero-order valence-electron chi connectivity index (χ0n) is 32.7. The summed E-state index contributed by atoms with van der Waals surface area (Å²) in [7, 11) is 0. The molecule has 4 N–H and O–H groups in total. The standard InChI is InChI=1S/C43H52N10O5/c54-37-21-52(15-11-35(37)50-13-9-27-5-1-3-7-29(27)19-50)42-46-33(17-39(48-42)44-31-23-57-24-31)41(56)34-18-40(45-32-25-58-26-32)49-43(47-34)53-16-12-36(38(55)22-53)51-14-10-28-6-2-4-8-30(28)20-51/h1-8,17-18,31-32,35-38,54-55H,9-16,19-26H2,(H,44,46,48)(H,45,47,49)/t35-,36-,37+,38+/m0/s1. The number of hydrogen-bond donors (Lipinski definition) is 4. The Kier molecular flexibility index (Phi) is 10.4. The number of ether oxygens (including phenoxy) is 2. The monoisotopic (exact) mass is 788 g/mol. The van der Waals surface area contributed by atoms with Crippen LogP contribution in [-0.2, 0) is 35.4 Å². The fraction of sp³-hybridized carbons (Fsp3) is 0.512. The lowest BCUT2D eigenvalue weighted by Gasteiger charge is -2.43. The van der Waals surface area contributed by atoms with E-state index < -0.39 is 12.2 Å². The number of aliphatic hydroxyl groups excluding tert-OH is 2. The predicted octanol–water partition coefficient (Wildman–Crippen LogP) is 2.11. The number of aromatic nitrogens is 4. The van der Waals surface area contributed by atoms with Gasteiger partial charge in [-0.3, -0.25) is 14.6 Å². The molecule has 0 bridgehead atoms. The minimum Gasteiger partial charge on any atom is -0.390 e. The Labute approximate surface area is 338 Å². The maximum absolute atomic E-state index is 14.6. The number of anilines is 4. The van der Waals surface area contributed by atoms with Crippen molar-refractivity contribution < 1.29 is 24.5 Å². The highest BCUT2D eigenvalue weighted by atomic mass is 16.5. The van der Waals surface area contributed by atoms with Crippen molar-refractivity contribution in [2.45, 2.75) is 75.1 Å². The van der Waals surface area contributed by atoms with Gasteiger partial charge >= 0.3 is 0 Å². The number of piperidine rings is 2.